The average Bonchev–Trinajstić information content (AvgIpc) is 3.32. The standard InChI is InChI=1S/C32H19ClN2S/c33-30-19-28(34-32(35-30)20-9-2-1-3-10-20)24-18-17-23(21-11-4-5-12-22(21)24)26-14-8-15-27-25-13-6-7-16-29(25)36-31(26)27/h1-19H. The minimum absolute atomic E-state index is 0.432. The molecule has 0 atom stereocenters. The molecule has 4 heteroatoms. The lowest BCUT2D eigenvalue weighted by Crippen LogP contribution is -1.94. The molecule has 170 valence electrons. The largest absolute Gasteiger partial charge is 0.228 e. The molecule has 0 unspecified atom stereocenters. The molecule has 0 spiro atoms. The summed E-state index contributed by atoms with van der Waals surface area (Å²) in [6.45, 7) is 0. The van der Waals surface area contributed by atoms with Gasteiger partial charge in [-0.15, -0.1) is 11.3 Å². The van der Waals surface area contributed by atoms with Gasteiger partial charge in [-0.3, -0.25) is 0 Å². The van der Waals surface area contributed by atoms with E-state index in [1.54, 1.807) is 0 Å². The number of hydrogen-bond donors (Lipinski definition) is 0. The fourth-order valence-electron chi connectivity index (χ4n) is 4.99. The van der Waals surface area contributed by atoms with Gasteiger partial charge in [0.2, 0.25) is 0 Å². The highest BCUT2D eigenvalue weighted by molar-refractivity contribution is 7.26. The predicted octanol–water partition coefficient (Wildman–Crippen LogP) is 9.65. The zero-order valence-electron chi connectivity index (χ0n) is 19.2. The molecule has 0 radical (unpaired) electrons. The van der Waals surface area contributed by atoms with Gasteiger partial charge in [0.05, 0.1) is 5.69 Å². The molecule has 2 heterocycles. The second kappa shape index (κ2) is 8.56. The predicted molar refractivity (Wildman–Crippen MR) is 154 cm³/mol. The lowest BCUT2D eigenvalue weighted by molar-refractivity contribution is 1.18. The van der Waals surface area contributed by atoms with Crippen molar-refractivity contribution in [2.75, 3.05) is 0 Å². The minimum Gasteiger partial charge on any atom is -0.228 e. The maximum Gasteiger partial charge on any atom is 0.161 e. The Labute approximate surface area is 217 Å². The van der Waals surface area contributed by atoms with Crippen LogP contribution in [0.4, 0.5) is 0 Å². The van der Waals surface area contributed by atoms with Crippen LogP contribution < -0.4 is 0 Å². The first-order valence-electron chi connectivity index (χ1n) is 11.8. The van der Waals surface area contributed by atoms with Crippen LogP contribution in [0.1, 0.15) is 0 Å². The smallest absolute Gasteiger partial charge is 0.161 e. The summed E-state index contributed by atoms with van der Waals surface area (Å²) >= 11 is 8.34. The average molecular weight is 499 g/mol. The van der Waals surface area contributed by atoms with Crippen LogP contribution in [0.3, 0.4) is 0 Å². The number of hydrogen-bond acceptors (Lipinski definition) is 3. The third-order valence-electron chi connectivity index (χ3n) is 6.62. The van der Waals surface area contributed by atoms with Gasteiger partial charge in [-0.25, -0.2) is 9.97 Å². The summed E-state index contributed by atoms with van der Waals surface area (Å²) in [6.07, 6.45) is 0. The minimum atomic E-state index is 0.432. The first-order valence-corrected chi connectivity index (χ1v) is 13.0. The SMILES string of the molecule is Clc1cc(-c2ccc(-c3cccc4c3sc3ccccc34)c3ccccc23)nc(-c2ccccc2)n1. The van der Waals surface area contributed by atoms with E-state index in [-0.39, 0.29) is 0 Å². The highest BCUT2D eigenvalue weighted by Crippen LogP contribution is 2.43. The van der Waals surface area contributed by atoms with Gasteiger partial charge in [0.25, 0.3) is 0 Å². The summed E-state index contributed by atoms with van der Waals surface area (Å²) in [7, 11) is 0. The topological polar surface area (TPSA) is 25.8 Å². The van der Waals surface area contributed by atoms with Gasteiger partial charge in [0.15, 0.2) is 5.82 Å². The van der Waals surface area contributed by atoms with Gasteiger partial charge in [-0.05, 0) is 22.4 Å². The molecule has 0 fully saturated rings. The van der Waals surface area contributed by atoms with Crippen molar-refractivity contribution in [3.05, 3.63) is 120 Å². The summed E-state index contributed by atoms with van der Waals surface area (Å²) in [5.74, 6) is 0.626. The molecular formula is C32H19ClN2S. The zero-order valence-corrected chi connectivity index (χ0v) is 20.7. The number of fused-ring (bicyclic) bond motifs is 4. The van der Waals surface area contributed by atoms with E-state index >= 15 is 0 Å². The molecule has 7 aromatic rings. The second-order valence-corrected chi connectivity index (χ2v) is 10.2. The molecule has 36 heavy (non-hydrogen) atoms. The molecule has 0 aliphatic carbocycles. The molecule has 0 bridgehead atoms. The molecule has 2 nitrogen and oxygen atoms in total. The third kappa shape index (κ3) is 3.48. The van der Waals surface area contributed by atoms with E-state index in [4.69, 9.17) is 16.6 Å². The lowest BCUT2D eigenvalue weighted by Gasteiger charge is -2.13. The Kier molecular flexibility index (Phi) is 5.05. The van der Waals surface area contributed by atoms with Crippen molar-refractivity contribution in [2.45, 2.75) is 0 Å². The van der Waals surface area contributed by atoms with Gasteiger partial charge >= 0.3 is 0 Å². The molecule has 7 rings (SSSR count). The highest BCUT2D eigenvalue weighted by atomic mass is 35.5. The van der Waals surface area contributed by atoms with Crippen LogP contribution in [0.25, 0.3) is 64.7 Å². The van der Waals surface area contributed by atoms with Crippen LogP contribution in [-0.4, -0.2) is 9.97 Å². The summed E-state index contributed by atoms with van der Waals surface area (Å²) in [5, 5.41) is 5.38. The van der Waals surface area contributed by atoms with Crippen LogP contribution in [0.15, 0.2) is 115 Å². The van der Waals surface area contributed by atoms with Crippen molar-refractivity contribution < 1.29 is 0 Å². The van der Waals surface area contributed by atoms with Crippen LogP contribution in [0.2, 0.25) is 5.15 Å². The van der Waals surface area contributed by atoms with E-state index in [1.807, 2.05) is 47.7 Å². The van der Waals surface area contributed by atoms with Crippen LogP contribution >= 0.6 is 22.9 Å². The summed E-state index contributed by atoms with van der Waals surface area (Å²) in [6, 6.07) is 40.0. The van der Waals surface area contributed by atoms with E-state index < -0.39 is 0 Å². The molecule has 0 aliphatic rings. The number of benzene rings is 5. The van der Waals surface area contributed by atoms with E-state index in [0.29, 0.717) is 11.0 Å². The van der Waals surface area contributed by atoms with E-state index in [2.05, 4.69) is 83.8 Å². The van der Waals surface area contributed by atoms with Crippen molar-refractivity contribution in [3.8, 4) is 33.8 Å². The Bertz CT molecular complexity index is 1910. The Morgan fingerprint density at radius 1 is 0.528 bits per heavy atom. The van der Waals surface area contributed by atoms with E-state index in [1.165, 1.54) is 36.7 Å². The fourth-order valence-corrected chi connectivity index (χ4v) is 6.40. The quantitative estimate of drug-likeness (QED) is 0.226. The summed E-state index contributed by atoms with van der Waals surface area (Å²) in [4.78, 5) is 9.40. The molecule has 0 aliphatic heterocycles. The molecule has 0 amide bonds. The first kappa shape index (κ1) is 21.3. The number of halogens is 1. The van der Waals surface area contributed by atoms with Gasteiger partial charge in [0.1, 0.15) is 5.15 Å². The van der Waals surface area contributed by atoms with E-state index in [0.717, 1.165) is 22.2 Å². The van der Waals surface area contributed by atoms with Gasteiger partial charge in [-0.1, -0.05) is 115 Å². The van der Waals surface area contributed by atoms with Crippen molar-refractivity contribution >= 4 is 53.9 Å². The maximum atomic E-state index is 6.48. The molecule has 5 aromatic carbocycles. The van der Waals surface area contributed by atoms with E-state index in [9.17, 15) is 0 Å². The summed E-state index contributed by atoms with van der Waals surface area (Å²) < 4.78 is 2.62. The van der Waals surface area contributed by atoms with Gasteiger partial charge in [0, 0.05) is 42.9 Å². The molecule has 0 saturated carbocycles. The van der Waals surface area contributed by atoms with Crippen molar-refractivity contribution in [1.29, 1.82) is 0 Å². The molecule has 2 aromatic heterocycles. The summed E-state index contributed by atoms with van der Waals surface area (Å²) in [5.41, 5.74) is 5.27. The number of rotatable bonds is 3. The first-order chi connectivity index (χ1) is 17.8. The van der Waals surface area contributed by atoms with Crippen LogP contribution in [0.5, 0.6) is 0 Å². The van der Waals surface area contributed by atoms with Gasteiger partial charge in [-0.2, -0.15) is 0 Å². The Morgan fingerprint density at radius 2 is 1.19 bits per heavy atom. The van der Waals surface area contributed by atoms with Gasteiger partial charge < -0.3 is 0 Å². The number of thiophene rings is 1. The Morgan fingerprint density at radius 3 is 2.03 bits per heavy atom. The Balaban J connectivity index is 1.46. The second-order valence-electron chi connectivity index (χ2n) is 8.75. The van der Waals surface area contributed by atoms with Crippen LogP contribution in [0, 0.1) is 0 Å². The highest BCUT2D eigenvalue weighted by Gasteiger charge is 2.16. The number of aromatic nitrogens is 2. The van der Waals surface area contributed by atoms with Crippen molar-refractivity contribution in [3.63, 3.8) is 0 Å². The zero-order chi connectivity index (χ0) is 24.1. The Hall–Kier alpha value is -4.05. The monoisotopic (exact) mass is 498 g/mol. The normalized spacial score (nSPS) is 11.5. The van der Waals surface area contributed by atoms with Crippen LogP contribution in [-0.2, 0) is 0 Å². The van der Waals surface area contributed by atoms with Crippen molar-refractivity contribution in [2.24, 2.45) is 0 Å². The molecule has 0 N–H and O–H groups in total. The molecule has 0 saturated heterocycles. The lowest BCUT2D eigenvalue weighted by atomic mass is 9.93. The van der Waals surface area contributed by atoms with Crippen molar-refractivity contribution in [1.82, 2.24) is 9.97 Å². The third-order valence-corrected chi connectivity index (χ3v) is 8.03. The molecular weight excluding hydrogens is 480 g/mol. The fraction of sp³-hybridized carbons (Fsp3) is 0. The number of nitrogens with zero attached hydrogens (tertiary/aromatic N) is 2. The maximum absolute atomic E-state index is 6.48.